The Bertz CT molecular complexity index is 412. The smallest absolute Gasteiger partial charge is 0.291 e. The van der Waals surface area contributed by atoms with Gasteiger partial charge in [0.2, 0.25) is 5.82 Å². The summed E-state index contributed by atoms with van der Waals surface area (Å²) in [6, 6.07) is 1.41. The molecule has 1 saturated carbocycles. The molecule has 1 N–H and O–H groups in total. The molecule has 1 aromatic heterocycles. The Kier molecular flexibility index (Phi) is 3.88. The van der Waals surface area contributed by atoms with Gasteiger partial charge in [-0.1, -0.05) is 0 Å². The number of hydrogen-bond donors (Lipinski definition) is 1. The Morgan fingerprint density at radius 1 is 1.44 bits per heavy atom. The van der Waals surface area contributed by atoms with Gasteiger partial charge in [0.05, 0.1) is 12.1 Å². The number of carbonyl (C=O) groups excluding carboxylic acids is 1. The van der Waals surface area contributed by atoms with Crippen molar-refractivity contribution in [3.05, 3.63) is 24.3 Å². The third kappa shape index (κ3) is 2.34. The first-order chi connectivity index (χ1) is 8.65. The molecule has 0 bridgehead atoms. The third-order valence-electron chi connectivity index (χ3n) is 3.40. The summed E-state index contributed by atoms with van der Waals surface area (Å²) in [5.41, 5.74) is 0. The summed E-state index contributed by atoms with van der Waals surface area (Å²) in [5, 5.41) is 10.1. The molecule has 6 heteroatoms. The van der Waals surface area contributed by atoms with Gasteiger partial charge in [0.25, 0.3) is 5.91 Å². The molecule has 18 heavy (non-hydrogen) atoms. The minimum atomic E-state index is -0.660. The zero-order valence-corrected chi connectivity index (χ0v) is 10.5. The summed E-state index contributed by atoms with van der Waals surface area (Å²) in [4.78, 5) is 21.5. The third-order valence-corrected chi connectivity index (χ3v) is 3.40. The van der Waals surface area contributed by atoms with Crippen molar-refractivity contribution in [3.63, 3.8) is 0 Å². The van der Waals surface area contributed by atoms with Gasteiger partial charge in [-0.15, -0.1) is 0 Å². The van der Waals surface area contributed by atoms with Gasteiger partial charge >= 0.3 is 0 Å². The molecule has 0 spiro atoms. The first-order valence-electron chi connectivity index (χ1n) is 5.90. The second-order valence-corrected chi connectivity index (χ2v) is 4.40. The highest BCUT2D eigenvalue weighted by Crippen LogP contribution is 2.26. The minimum absolute atomic E-state index is 0.146. The van der Waals surface area contributed by atoms with Gasteiger partial charge in [0.1, 0.15) is 6.10 Å². The average Bonchev–Trinajstić information content (AvgIpc) is 2.79. The molecule has 0 aliphatic heterocycles. The van der Waals surface area contributed by atoms with E-state index in [9.17, 15) is 9.90 Å². The van der Waals surface area contributed by atoms with Crippen LogP contribution < -0.4 is 0 Å². The number of nitrogens with zero attached hydrogens (tertiary/aromatic N) is 3. The fourth-order valence-electron chi connectivity index (χ4n) is 2.32. The zero-order valence-electron chi connectivity index (χ0n) is 10.5. The maximum atomic E-state index is 12.1. The zero-order chi connectivity index (χ0) is 13.1. The molecule has 6 nitrogen and oxygen atoms in total. The number of likely N-dealkylation sites (N-methyl/N-ethyl adjacent to an activating group) is 1. The number of amides is 1. The molecule has 0 unspecified atom stereocenters. The van der Waals surface area contributed by atoms with Crippen molar-refractivity contribution in [2.75, 3.05) is 14.2 Å². The fourth-order valence-corrected chi connectivity index (χ4v) is 2.32. The van der Waals surface area contributed by atoms with Crippen LogP contribution in [0.5, 0.6) is 0 Å². The van der Waals surface area contributed by atoms with E-state index in [-0.39, 0.29) is 23.9 Å². The molecule has 0 saturated heterocycles. The van der Waals surface area contributed by atoms with Crippen LogP contribution in [0.1, 0.15) is 23.5 Å². The van der Waals surface area contributed by atoms with Crippen LogP contribution in [0.4, 0.5) is 0 Å². The van der Waals surface area contributed by atoms with E-state index in [4.69, 9.17) is 4.74 Å². The van der Waals surface area contributed by atoms with E-state index < -0.39 is 6.10 Å². The topological polar surface area (TPSA) is 75.5 Å². The van der Waals surface area contributed by atoms with Crippen molar-refractivity contribution in [1.82, 2.24) is 14.9 Å². The molecule has 1 aliphatic carbocycles. The molecular weight excluding hydrogens is 234 g/mol. The SMILES string of the molecule is CO[C@@H]1CC[C@@H](N(C)C(=O)c2ncccn2)[C@H]1O. The lowest BCUT2D eigenvalue weighted by Gasteiger charge is -2.27. The Morgan fingerprint density at radius 2 is 2.11 bits per heavy atom. The van der Waals surface area contributed by atoms with Crippen LogP contribution in [-0.2, 0) is 4.74 Å². The van der Waals surface area contributed by atoms with Gasteiger partial charge < -0.3 is 14.7 Å². The summed E-state index contributed by atoms with van der Waals surface area (Å²) >= 11 is 0. The minimum Gasteiger partial charge on any atom is -0.388 e. The molecule has 3 atom stereocenters. The van der Waals surface area contributed by atoms with E-state index in [1.165, 1.54) is 17.3 Å². The van der Waals surface area contributed by atoms with Crippen molar-refractivity contribution in [2.45, 2.75) is 31.1 Å². The fraction of sp³-hybridized carbons (Fsp3) is 0.583. The number of carbonyl (C=O) groups is 1. The Balaban J connectivity index is 2.08. The van der Waals surface area contributed by atoms with Crippen molar-refractivity contribution in [2.24, 2.45) is 0 Å². The van der Waals surface area contributed by atoms with Crippen LogP contribution >= 0.6 is 0 Å². The highest BCUT2D eigenvalue weighted by atomic mass is 16.5. The number of aliphatic hydroxyl groups excluding tert-OH is 1. The van der Waals surface area contributed by atoms with Crippen LogP contribution in [0.25, 0.3) is 0 Å². The second kappa shape index (κ2) is 5.41. The maximum absolute atomic E-state index is 12.1. The van der Waals surface area contributed by atoms with Crippen LogP contribution in [0.3, 0.4) is 0 Å². The molecule has 0 radical (unpaired) electrons. The van der Waals surface area contributed by atoms with Crippen LogP contribution in [0, 0.1) is 0 Å². The van der Waals surface area contributed by atoms with E-state index in [0.717, 1.165) is 12.8 Å². The predicted octanol–water partition coefficient (Wildman–Crippen LogP) is 0.0869. The van der Waals surface area contributed by atoms with Gasteiger partial charge in [-0.25, -0.2) is 9.97 Å². The summed E-state index contributed by atoms with van der Waals surface area (Å²) in [5.74, 6) is -0.135. The van der Waals surface area contributed by atoms with E-state index in [1.54, 1.807) is 20.2 Å². The second-order valence-electron chi connectivity index (χ2n) is 4.40. The molecule has 1 aromatic rings. The number of rotatable bonds is 3. The quantitative estimate of drug-likeness (QED) is 0.823. The van der Waals surface area contributed by atoms with Gasteiger partial charge in [0.15, 0.2) is 0 Å². The summed E-state index contributed by atoms with van der Waals surface area (Å²) in [6.45, 7) is 0. The van der Waals surface area contributed by atoms with Crippen LogP contribution in [0.2, 0.25) is 0 Å². The molecular formula is C12H17N3O3. The molecule has 1 heterocycles. The Labute approximate surface area is 106 Å². The number of hydrogen-bond acceptors (Lipinski definition) is 5. The first-order valence-corrected chi connectivity index (χ1v) is 5.90. The van der Waals surface area contributed by atoms with Gasteiger partial charge in [-0.2, -0.15) is 0 Å². The van der Waals surface area contributed by atoms with Crippen molar-refractivity contribution in [1.29, 1.82) is 0 Å². The summed E-state index contributed by atoms with van der Waals surface area (Å²) < 4.78 is 5.17. The van der Waals surface area contributed by atoms with Crippen molar-refractivity contribution >= 4 is 5.91 Å². The monoisotopic (exact) mass is 251 g/mol. The first kappa shape index (κ1) is 12.9. The lowest BCUT2D eigenvalue weighted by molar-refractivity contribution is -0.0157. The van der Waals surface area contributed by atoms with Crippen LogP contribution in [0.15, 0.2) is 18.5 Å². The molecule has 1 aliphatic rings. The highest BCUT2D eigenvalue weighted by Gasteiger charge is 2.39. The van der Waals surface area contributed by atoms with Crippen molar-refractivity contribution in [3.8, 4) is 0 Å². The molecule has 1 amide bonds. The maximum Gasteiger partial charge on any atom is 0.291 e. The lowest BCUT2D eigenvalue weighted by atomic mass is 10.1. The van der Waals surface area contributed by atoms with E-state index in [0.29, 0.717) is 0 Å². The number of ether oxygens (including phenoxy) is 1. The average molecular weight is 251 g/mol. The molecule has 1 fully saturated rings. The number of aromatic nitrogens is 2. The Morgan fingerprint density at radius 3 is 2.67 bits per heavy atom. The summed E-state index contributed by atoms with van der Waals surface area (Å²) in [6.07, 6.45) is 3.65. The Hall–Kier alpha value is -1.53. The van der Waals surface area contributed by atoms with Gasteiger partial charge in [0, 0.05) is 26.6 Å². The van der Waals surface area contributed by atoms with Crippen LogP contribution in [-0.4, -0.2) is 58.3 Å². The largest absolute Gasteiger partial charge is 0.388 e. The van der Waals surface area contributed by atoms with Gasteiger partial charge in [-0.3, -0.25) is 4.79 Å². The molecule has 0 aromatic carbocycles. The molecule has 98 valence electrons. The number of aliphatic hydroxyl groups is 1. The number of methoxy groups -OCH3 is 1. The van der Waals surface area contributed by atoms with E-state index in [1.807, 2.05) is 0 Å². The summed E-state index contributed by atoms with van der Waals surface area (Å²) in [7, 11) is 3.23. The van der Waals surface area contributed by atoms with E-state index in [2.05, 4.69) is 9.97 Å². The van der Waals surface area contributed by atoms with Gasteiger partial charge in [-0.05, 0) is 18.9 Å². The predicted molar refractivity (Wildman–Crippen MR) is 64.0 cm³/mol. The van der Waals surface area contributed by atoms with Crippen molar-refractivity contribution < 1.29 is 14.6 Å². The lowest BCUT2D eigenvalue weighted by Crippen LogP contribution is -2.45. The highest BCUT2D eigenvalue weighted by molar-refractivity contribution is 5.90. The molecule has 2 rings (SSSR count). The van der Waals surface area contributed by atoms with E-state index >= 15 is 0 Å². The standard InChI is InChI=1S/C12H17N3O3/c1-15(8-4-5-9(18-2)10(8)16)12(17)11-13-6-3-7-14-11/h3,6-10,16H,4-5H2,1-2H3/t8-,9-,10-/m1/s1. The normalized spacial score (nSPS) is 27.2.